The molecular formula is C15H25N3O2. The Morgan fingerprint density at radius 2 is 1.95 bits per heavy atom. The topological polar surface area (TPSA) is 68.9 Å². The molecule has 1 aromatic rings. The zero-order valence-corrected chi connectivity index (χ0v) is 12.6. The molecule has 0 spiro atoms. The van der Waals surface area contributed by atoms with Crippen LogP contribution in [0.4, 0.5) is 5.69 Å². The maximum atomic E-state index is 5.82. The van der Waals surface area contributed by atoms with Gasteiger partial charge in [-0.2, -0.15) is 0 Å². The first-order chi connectivity index (χ1) is 9.61. The van der Waals surface area contributed by atoms with E-state index in [1.807, 2.05) is 38.1 Å². The van der Waals surface area contributed by atoms with Gasteiger partial charge in [-0.25, -0.2) is 0 Å². The van der Waals surface area contributed by atoms with Crippen LogP contribution in [-0.4, -0.2) is 32.3 Å². The Morgan fingerprint density at radius 1 is 1.25 bits per heavy atom. The molecule has 0 aliphatic heterocycles. The number of guanidine groups is 1. The first kappa shape index (κ1) is 16.3. The highest BCUT2D eigenvalue weighted by Crippen LogP contribution is 2.14. The Kier molecular flexibility index (Phi) is 7.50. The van der Waals surface area contributed by atoms with E-state index in [0.29, 0.717) is 18.6 Å². The van der Waals surface area contributed by atoms with Crippen molar-refractivity contribution in [1.82, 2.24) is 0 Å². The Balaban J connectivity index is 2.23. The molecule has 0 saturated carbocycles. The van der Waals surface area contributed by atoms with E-state index in [1.165, 1.54) is 0 Å². The van der Waals surface area contributed by atoms with Crippen LogP contribution in [0.15, 0.2) is 29.3 Å². The number of nitrogens with one attached hydrogen (secondary N) is 1. The number of nitrogens with zero attached hydrogens (tertiary/aromatic N) is 1. The van der Waals surface area contributed by atoms with Crippen LogP contribution in [0.2, 0.25) is 0 Å². The van der Waals surface area contributed by atoms with E-state index in [9.17, 15) is 0 Å². The van der Waals surface area contributed by atoms with Crippen LogP contribution in [0, 0.1) is 0 Å². The molecule has 0 heterocycles. The molecule has 1 aromatic carbocycles. The third-order valence-corrected chi connectivity index (χ3v) is 2.65. The second-order valence-electron chi connectivity index (χ2n) is 4.75. The first-order valence-corrected chi connectivity index (χ1v) is 6.94. The minimum Gasteiger partial charge on any atom is -0.497 e. The molecular weight excluding hydrogens is 254 g/mol. The average molecular weight is 279 g/mol. The van der Waals surface area contributed by atoms with Crippen molar-refractivity contribution in [3.05, 3.63) is 24.3 Å². The normalized spacial score (nSPS) is 11.7. The first-order valence-electron chi connectivity index (χ1n) is 6.94. The third kappa shape index (κ3) is 6.99. The molecule has 0 aromatic heterocycles. The highest BCUT2D eigenvalue weighted by Gasteiger charge is 1.97. The van der Waals surface area contributed by atoms with Gasteiger partial charge in [0.25, 0.3) is 0 Å². The Hall–Kier alpha value is -1.75. The molecule has 0 atom stereocenters. The largest absolute Gasteiger partial charge is 0.497 e. The zero-order valence-electron chi connectivity index (χ0n) is 12.6. The van der Waals surface area contributed by atoms with Crippen molar-refractivity contribution in [1.29, 1.82) is 0 Å². The van der Waals surface area contributed by atoms with Crippen LogP contribution in [0.1, 0.15) is 26.7 Å². The lowest BCUT2D eigenvalue weighted by Crippen LogP contribution is -2.22. The second-order valence-corrected chi connectivity index (χ2v) is 4.75. The number of anilines is 1. The minimum absolute atomic E-state index is 0.292. The van der Waals surface area contributed by atoms with E-state index >= 15 is 0 Å². The van der Waals surface area contributed by atoms with Gasteiger partial charge < -0.3 is 20.5 Å². The lowest BCUT2D eigenvalue weighted by molar-refractivity contribution is 0.0764. The summed E-state index contributed by atoms with van der Waals surface area (Å²) in [6.45, 7) is 5.55. The van der Waals surface area contributed by atoms with Crippen LogP contribution < -0.4 is 15.8 Å². The summed E-state index contributed by atoms with van der Waals surface area (Å²) >= 11 is 0. The molecule has 0 aliphatic carbocycles. The molecule has 0 saturated heterocycles. The van der Waals surface area contributed by atoms with Gasteiger partial charge in [-0.3, -0.25) is 4.99 Å². The fourth-order valence-electron chi connectivity index (χ4n) is 1.59. The van der Waals surface area contributed by atoms with Crippen molar-refractivity contribution >= 4 is 11.6 Å². The maximum Gasteiger partial charge on any atom is 0.193 e. The van der Waals surface area contributed by atoms with Gasteiger partial charge in [0.2, 0.25) is 0 Å². The predicted octanol–water partition coefficient (Wildman–Crippen LogP) is 2.63. The highest BCUT2D eigenvalue weighted by molar-refractivity contribution is 5.92. The average Bonchev–Trinajstić information content (AvgIpc) is 2.43. The smallest absolute Gasteiger partial charge is 0.193 e. The Labute approximate surface area is 121 Å². The van der Waals surface area contributed by atoms with Crippen LogP contribution in [0.3, 0.4) is 0 Å². The molecule has 5 nitrogen and oxygen atoms in total. The van der Waals surface area contributed by atoms with Crippen molar-refractivity contribution < 1.29 is 9.47 Å². The third-order valence-electron chi connectivity index (χ3n) is 2.65. The monoisotopic (exact) mass is 279 g/mol. The summed E-state index contributed by atoms with van der Waals surface area (Å²) in [4.78, 5) is 4.28. The molecule has 0 amide bonds. The van der Waals surface area contributed by atoms with Crippen LogP contribution in [0.25, 0.3) is 0 Å². The molecule has 1 rings (SSSR count). The van der Waals surface area contributed by atoms with Gasteiger partial charge in [0.1, 0.15) is 5.75 Å². The van der Waals surface area contributed by atoms with E-state index in [1.54, 1.807) is 7.11 Å². The van der Waals surface area contributed by atoms with Gasteiger partial charge in [-0.15, -0.1) is 0 Å². The fourth-order valence-corrected chi connectivity index (χ4v) is 1.59. The maximum absolute atomic E-state index is 5.82. The number of aliphatic imine (C=N–C) groups is 1. The molecule has 0 fully saturated rings. The Bertz CT molecular complexity index is 402. The van der Waals surface area contributed by atoms with Gasteiger partial charge in [-0.05, 0) is 51.0 Å². The number of hydrogen-bond donors (Lipinski definition) is 2. The van der Waals surface area contributed by atoms with Gasteiger partial charge in [0, 0.05) is 18.8 Å². The SMILES string of the molecule is COc1ccc(NC(N)=NCCCCOC(C)C)cc1. The van der Waals surface area contributed by atoms with Crippen molar-refractivity contribution in [3.8, 4) is 5.75 Å². The van der Waals surface area contributed by atoms with Crippen molar-refractivity contribution in [2.75, 3.05) is 25.6 Å². The highest BCUT2D eigenvalue weighted by atomic mass is 16.5. The van der Waals surface area contributed by atoms with Gasteiger partial charge in [-0.1, -0.05) is 0 Å². The summed E-state index contributed by atoms with van der Waals surface area (Å²) in [5.74, 6) is 1.25. The van der Waals surface area contributed by atoms with E-state index in [4.69, 9.17) is 15.2 Å². The summed E-state index contributed by atoms with van der Waals surface area (Å²) in [5, 5.41) is 3.04. The summed E-state index contributed by atoms with van der Waals surface area (Å²) in [5.41, 5.74) is 6.71. The van der Waals surface area contributed by atoms with E-state index in [2.05, 4.69) is 10.3 Å². The summed E-state index contributed by atoms with van der Waals surface area (Å²) in [6.07, 6.45) is 2.26. The van der Waals surface area contributed by atoms with Crippen molar-refractivity contribution in [2.24, 2.45) is 10.7 Å². The molecule has 112 valence electrons. The second kappa shape index (κ2) is 9.20. The fraction of sp³-hybridized carbons (Fsp3) is 0.533. The van der Waals surface area contributed by atoms with E-state index < -0.39 is 0 Å². The molecule has 20 heavy (non-hydrogen) atoms. The number of methoxy groups -OCH3 is 1. The number of rotatable bonds is 8. The summed E-state index contributed by atoms with van der Waals surface area (Å²) < 4.78 is 10.6. The Morgan fingerprint density at radius 3 is 2.55 bits per heavy atom. The van der Waals surface area contributed by atoms with E-state index in [-0.39, 0.29) is 0 Å². The van der Waals surface area contributed by atoms with Crippen LogP contribution in [-0.2, 0) is 4.74 Å². The standard InChI is InChI=1S/C15H25N3O2/c1-12(2)20-11-5-4-10-17-15(16)18-13-6-8-14(19-3)9-7-13/h6-9,12H,4-5,10-11H2,1-3H3,(H3,16,17,18). The van der Waals surface area contributed by atoms with E-state index in [0.717, 1.165) is 30.9 Å². The van der Waals surface area contributed by atoms with Gasteiger partial charge in [0.05, 0.1) is 13.2 Å². The summed E-state index contributed by atoms with van der Waals surface area (Å²) in [6, 6.07) is 7.55. The van der Waals surface area contributed by atoms with Crippen molar-refractivity contribution in [2.45, 2.75) is 32.8 Å². The van der Waals surface area contributed by atoms with Crippen LogP contribution >= 0.6 is 0 Å². The number of unbranched alkanes of at least 4 members (excludes halogenated alkanes) is 1. The van der Waals surface area contributed by atoms with Crippen LogP contribution in [0.5, 0.6) is 5.75 Å². The molecule has 3 N–H and O–H groups in total. The number of ether oxygens (including phenoxy) is 2. The van der Waals surface area contributed by atoms with Gasteiger partial charge >= 0.3 is 0 Å². The quantitative estimate of drug-likeness (QED) is 0.436. The lowest BCUT2D eigenvalue weighted by Gasteiger charge is -2.07. The minimum atomic E-state index is 0.292. The lowest BCUT2D eigenvalue weighted by atomic mass is 10.3. The molecule has 0 aliphatic rings. The molecule has 0 bridgehead atoms. The number of benzene rings is 1. The number of hydrogen-bond acceptors (Lipinski definition) is 3. The molecule has 0 radical (unpaired) electrons. The molecule has 5 heteroatoms. The summed E-state index contributed by atoms with van der Waals surface area (Å²) in [7, 11) is 1.64. The van der Waals surface area contributed by atoms with Gasteiger partial charge in [0.15, 0.2) is 5.96 Å². The predicted molar refractivity (Wildman–Crippen MR) is 83.4 cm³/mol. The number of nitrogens with two attached hydrogens (primary N) is 1. The molecule has 0 unspecified atom stereocenters. The zero-order chi connectivity index (χ0) is 14.8. The van der Waals surface area contributed by atoms with Crippen molar-refractivity contribution in [3.63, 3.8) is 0 Å².